The van der Waals surface area contributed by atoms with Crippen LogP contribution in [0, 0.1) is 5.92 Å². The average molecular weight is 259 g/mol. The molecule has 2 aromatic rings. The Morgan fingerprint density at radius 1 is 0.800 bits per heavy atom. The van der Waals surface area contributed by atoms with E-state index in [0.717, 1.165) is 12.8 Å². The molecule has 0 atom stereocenters. The molecule has 0 N–H and O–H groups in total. The van der Waals surface area contributed by atoms with Gasteiger partial charge in [0.1, 0.15) is 0 Å². The van der Waals surface area contributed by atoms with Crippen LogP contribution in [-0.2, 0) is 19.3 Å². The van der Waals surface area contributed by atoms with Crippen LogP contribution in [0.25, 0.3) is 6.08 Å². The van der Waals surface area contributed by atoms with Crippen molar-refractivity contribution in [1.82, 2.24) is 0 Å². The molecular formula is C20H19. The Balaban J connectivity index is 1.54. The summed E-state index contributed by atoms with van der Waals surface area (Å²) >= 11 is 0. The summed E-state index contributed by atoms with van der Waals surface area (Å²) in [7, 11) is 0. The minimum absolute atomic E-state index is 1.14. The Bertz CT molecular complexity index is 649. The molecule has 4 rings (SSSR count). The van der Waals surface area contributed by atoms with E-state index in [9.17, 15) is 0 Å². The normalized spacial score (nSPS) is 16.4. The summed E-state index contributed by atoms with van der Waals surface area (Å²) in [6.07, 6.45) is 10.8. The van der Waals surface area contributed by atoms with Crippen molar-refractivity contribution in [2.24, 2.45) is 0 Å². The number of hydrogen-bond donors (Lipinski definition) is 0. The molecule has 0 saturated heterocycles. The lowest BCUT2D eigenvalue weighted by atomic mass is 9.91. The largest absolute Gasteiger partial charge is 0.0721 e. The summed E-state index contributed by atoms with van der Waals surface area (Å²) in [5, 5.41) is 0. The fourth-order valence-electron chi connectivity index (χ4n) is 3.48. The van der Waals surface area contributed by atoms with E-state index in [2.05, 4.69) is 54.6 Å². The van der Waals surface area contributed by atoms with Crippen molar-refractivity contribution in [3.05, 3.63) is 82.3 Å². The van der Waals surface area contributed by atoms with E-state index in [-0.39, 0.29) is 0 Å². The van der Waals surface area contributed by atoms with Crippen molar-refractivity contribution in [2.45, 2.75) is 32.1 Å². The number of fused-ring (bicyclic) bond motifs is 2. The summed E-state index contributed by atoms with van der Waals surface area (Å²) in [4.78, 5) is 0. The van der Waals surface area contributed by atoms with Gasteiger partial charge in [-0.3, -0.25) is 0 Å². The highest BCUT2D eigenvalue weighted by molar-refractivity contribution is 5.70. The van der Waals surface area contributed by atoms with Crippen LogP contribution in [0.4, 0.5) is 0 Å². The predicted octanol–water partition coefficient (Wildman–Crippen LogP) is 4.76. The highest BCUT2D eigenvalue weighted by Gasteiger charge is 2.21. The lowest BCUT2D eigenvalue weighted by molar-refractivity contribution is 0.895. The molecule has 0 heteroatoms. The van der Waals surface area contributed by atoms with Crippen LogP contribution < -0.4 is 0 Å². The van der Waals surface area contributed by atoms with Gasteiger partial charge in [0.05, 0.1) is 0 Å². The summed E-state index contributed by atoms with van der Waals surface area (Å²) in [6, 6.07) is 15.7. The minimum atomic E-state index is 1.14. The Labute approximate surface area is 121 Å². The second-order valence-electron chi connectivity index (χ2n) is 5.91. The van der Waals surface area contributed by atoms with E-state index in [0.29, 0.717) is 0 Å². The van der Waals surface area contributed by atoms with E-state index in [1.807, 2.05) is 0 Å². The Morgan fingerprint density at radius 3 is 2.45 bits per heavy atom. The Morgan fingerprint density at radius 2 is 1.60 bits per heavy atom. The second kappa shape index (κ2) is 4.94. The first-order valence-electron chi connectivity index (χ1n) is 7.64. The molecule has 0 aliphatic heterocycles. The lowest BCUT2D eigenvalue weighted by Crippen LogP contribution is -1.99. The first-order valence-corrected chi connectivity index (χ1v) is 7.64. The fourth-order valence-corrected chi connectivity index (χ4v) is 3.48. The summed E-state index contributed by atoms with van der Waals surface area (Å²) < 4.78 is 0. The van der Waals surface area contributed by atoms with Crippen LogP contribution in [0.2, 0.25) is 0 Å². The fraction of sp³-hybridized carbons (Fsp3) is 0.250. The summed E-state index contributed by atoms with van der Waals surface area (Å²) in [5.74, 6) is 1.51. The van der Waals surface area contributed by atoms with Gasteiger partial charge in [-0.2, -0.15) is 0 Å². The molecule has 0 unspecified atom stereocenters. The Kier molecular flexibility index (Phi) is 2.95. The first kappa shape index (κ1) is 12.0. The molecule has 20 heavy (non-hydrogen) atoms. The van der Waals surface area contributed by atoms with Crippen molar-refractivity contribution < 1.29 is 0 Å². The summed E-state index contributed by atoms with van der Waals surface area (Å²) in [5.41, 5.74) is 7.53. The number of hydrogen-bond acceptors (Lipinski definition) is 0. The zero-order chi connectivity index (χ0) is 13.4. The summed E-state index contributed by atoms with van der Waals surface area (Å²) in [6.45, 7) is 0. The van der Waals surface area contributed by atoms with Crippen LogP contribution in [0.1, 0.15) is 40.7 Å². The van der Waals surface area contributed by atoms with Crippen LogP contribution in [0.5, 0.6) is 0 Å². The van der Waals surface area contributed by atoms with Crippen molar-refractivity contribution in [2.75, 3.05) is 0 Å². The first-order chi connectivity index (χ1) is 9.90. The highest BCUT2D eigenvalue weighted by atomic mass is 14.3. The van der Waals surface area contributed by atoms with Crippen LogP contribution in [-0.4, -0.2) is 0 Å². The van der Waals surface area contributed by atoms with Gasteiger partial charge in [-0.05, 0) is 59.9 Å². The Hall–Kier alpha value is -1.82. The van der Waals surface area contributed by atoms with Gasteiger partial charge < -0.3 is 0 Å². The third-order valence-corrected chi connectivity index (χ3v) is 4.60. The number of benzene rings is 2. The van der Waals surface area contributed by atoms with E-state index in [1.54, 1.807) is 11.1 Å². The molecular weight excluding hydrogens is 240 g/mol. The van der Waals surface area contributed by atoms with Crippen molar-refractivity contribution in [1.29, 1.82) is 0 Å². The molecule has 1 radical (unpaired) electrons. The number of aryl methyl sites for hydroxylation is 3. The van der Waals surface area contributed by atoms with E-state index in [4.69, 9.17) is 0 Å². The van der Waals surface area contributed by atoms with Gasteiger partial charge in [0.15, 0.2) is 0 Å². The van der Waals surface area contributed by atoms with Crippen molar-refractivity contribution >= 4 is 6.08 Å². The van der Waals surface area contributed by atoms with Crippen LogP contribution in [0.15, 0.2) is 48.5 Å². The third kappa shape index (κ3) is 2.10. The maximum absolute atomic E-state index is 2.46. The van der Waals surface area contributed by atoms with Gasteiger partial charge in [0.2, 0.25) is 0 Å². The standard InChI is InChI=1S/C20H19/c1-2-5-15(6-3-1)9-10-16-11-12-19-13-17-7-4-8-18(17)14-20(16)19/h1-3,5-6,11-14H,4,7-10H2. The van der Waals surface area contributed by atoms with Gasteiger partial charge >= 0.3 is 0 Å². The van der Waals surface area contributed by atoms with Crippen LogP contribution in [0.3, 0.4) is 0 Å². The predicted molar refractivity (Wildman–Crippen MR) is 84.6 cm³/mol. The van der Waals surface area contributed by atoms with Crippen molar-refractivity contribution in [3.63, 3.8) is 0 Å². The van der Waals surface area contributed by atoms with E-state index in [1.165, 1.54) is 41.9 Å². The molecule has 0 saturated carbocycles. The average Bonchev–Trinajstić information content (AvgIpc) is 3.10. The molecule has 0 aromatic heterocycles. The monoisotopic (exact) mass is 259 g/mol. The molecule has 99 valence electrons. The molecule has 2 aromatic carbocycles. The highest BCUT2D eigenvalue weighted by Crippen LogP contribution is 2.36. The molecule has 2 aliphatic carbocycles. The topological polar surface area (TPSA) is 0 Å². The third-order valence-electron chi connectivity index (χ3n) is 4.60. The van der Waals surface area contributed by atoms with Gasteiger partial charge in [-0.1, -0.05) is 54.6 Å². The zero-order valence-corrected chi connectivity index (χ0v) is 11.7. The number of rotatable bonds is 3. The van der Waals surface area contributed by atoms with Crippen LogP contribution >= 0.6 is 0 Å². The zero-order valence-electron chi connectivity index (χ0n) is 11.7. The van der Waals surface area contributed by atoms with Gasteiger partial charge in [0.25, 0.3) is 0 Å². The molecule has 0 nitrogen and oxygen atoms in total. The smallest absolute Gasteiger partial charge is 0.0276 e. The molecule has 2 aliphatic rings. The SMILES string of the molecule is C1=Cc2cc3c(cc2[C]1CCc1ccccc1)CCC3. The quantitative estimate of drug-likeness (QED) is 0.745. The van der Waals surface area contributed by atoms with E-state index < -0.39 is 0 Å². The van der Waals surface area contributed by atoms with Gasteiger partial charge in [0, 0.05) is 5.92 Å². The number of allylic oxidation sites excluding steroid dienone is 1. The second-order valence-corrected chi connectivity index (χ2v) is 5.91. The van der Waals surface area contributed by atoms with Gasteiger partial charge in [-0.25, -0.2) is 0 Å². The lowest BCUT2D eigenvalue weighted by Gasteiger charge is -2.12. The maximum atomic E-state index is 2.46. The van der Waals surface area contributed by atoms with E-state index >= 15 is 0 Å². The molecule has 0 amide bonds. The van der Waals surface area contributed by atoms with Gasteiger partial charge in [-0.15, -0.1) is 0 Å². The molecule has 0 heterocycles. The maximum Gasteiger partial charge on any atom is 0.0276 e. The molecule has 0 fully saturated rings. The molecule has 0 spiro atoms. The minimum Gasteiger partial charge on any atom is -0.0721 e. The van der Waals surface area contributed by atoms with Crippen molar-refractivity contribution in [3.8, 4) is 0 Å². The molecule has 0 bridgehead atoms.